The van der Waals surface area contributed by atoms with Gasteiger partial charge in [0.2, 0.25) is 0 Å². The van der Waals surface area contributed by atoms with Gasteiger partial charge in [-0.1, -0.05) is 5.16 Å². The third-order valence-corrected chi connectivity index (χ3v) is 4.20. The molecule has 2 heterocycles. The van der Waals surface area contributed by atoms with Crippen molar-refractivity contribution in [1.82, 2.24) is 15.6 Å². The number of thiazole rings is 1. The molecule has 1 aromatic carbocycles. The molecule has 126 valence electrons. The molecule has 0 spiro atoms. The highest BCUT2D eigenvalue weighted by molar-refractivity contribution is 7.07. The number of methoxy groups -OCH3 is 1. The molecule has 3 rings (SSSR count). The van der Waals surface area contributed by atoms with E-state index in [1.807, 2.05) is 29.6 Å². The number of nitrogens with zero attached hydrogens (tertiary/aromatic N) is 2. The molecule has 1 aromatic heterocycles. The largest absolute Gasteiger partial charge is 0.497 e. The third kappa shape index (κ3) is 4.23. The van der Waals surface area contributed by atoms with Crippen molar-refractivity contribution in [2.24, 2.45) is 5.16 Å². The lowest BCUT2D eigenvalue weighted by atomic mass is 10.0. The zero-order valence-corrected chi connectivity index (χ0v) is 14.0. The fraction of sp³-hybridized carbons (Fsp3) is 0.312. The normalized spacial score (nSPS) is 16.2. The smallest absolute Gasteiger partial charge is 0.315 e. The van der Waals surface area contributed by atoms with Crippen molar-refractivity contribution in [2.45, 2.75) is 19.1 Å². The Bertz CT molecular complexity index is 701. The molecule has 0 bridgehead atoms. The molecular weight excluding hydrogens is 328 g/mol. The van der Waals surface area contributed by atoms with Crippen LogP contribution in [0, 0.1) is 0 Å². The van der Waals surface area contributed by atoms with Gasteiger partial charge in [0, 0.05) is 11.8 Å². The second-order valence-electron chi connectivity index (χ2n) is 5.24. The molecule has 0 saturated heterocycles. The molecule has 0 saturated carbocycles. The van der Waals surface area contributed by atoms with E-state index in [1.54, 1.807) is 12.6 Å². The maximum atomic E-state index is 11.8. The van der Waals surface area contributed by atoms with Gasteiger partial charge < -0.3 is 20.2 Å². The number of oxime groups is 1. The Balaban J connectivity index is 1.41. The summed E-state index contributed by atoms with van der Waals surface area (Å²) in [6.07, 6.45) is 0.491. The number of urea groups is 1. The Hall–Kier alpha value is -2.61. The van der Waals surface area contributed by atoms with Crippen molar-refractivity contribution in [2.75, 3.05) is 13.7 Å². The minimum Gasteiger partial charge on any atom is -0.497 e. The number of carbonyl (C=O) groups is 1. The maximum Gasteiger partial charge on any atom is 0.315 e. The van der Waals surface area contributed by atoms with Crippen LogP contribution in [0.3, 0.4) is 0 Å². The van der Waals surface area contributed by atoms with Gasteiger partial charge in [-0.3, -0.25) is 0 Å². The Labute approximate surface area is 143 Å². The van der Waals surface area contributed by atoms with Crippen molar-refractivity contribution >= 4 is 23.1 Å². The standard InChI is InChI=1S/C16H18N4O3S/c1-22-13-4-2-11(3-5-13)15-6-14(23-20-15)8-18-16(21)17-7-12-9-24-10-19-12/h2-5,9-10,14H,6-8H2,1H3,(H2,17,18,21)/t14-/m1/s1. The Morgan fingerprint density at radius 3 is 2.92 bits per heavy atom. The lowest BCUT2D eigenvalue weighted by molar-refractivity contribution is 0.0865. The number of hydrogen-bond acceptors (Lipinski definition) is 6. The molecule has 7 nitrogen and oxygen atoms in total. The van der Waals surface area contributed by atoms with E-state index in [1.165, 1.54) is 11.3 Å². The monoisotopic (exact) mass is 346 g/mol. The molecular formula is C16H18N4O3S. The number of nitrogens with one attached hydrogen (secondary N) is 2. The average molecular weight is 346 g/mol. The minimum atomic E-state index is -0.246. The summed E-state index contributed by atoms with van der Waals surface area (Å²) in [5, 5.41) is 11.5. The SMILES string of the molecule is COc1ccc(C2=NO[C@@H](CNC(=O)NCc3cscn3)C2)cc1. The second-order valence-corrected chi connectivity index (χ2v) is 5.96. The summed E-state index contributed by atoms with van der Waals surface area (Å²) >= 11 is 1.50. The van der Waals surface area contributed by atoms with Crippen LogP contribution in [-0.4, -0.2) is 36.5 Å². The fourth-order valence-electron chi connectivity index (χ4n) is 2.26. The van der Waals surface area contributed by atoms with Crippen molar-refractivity contribution in [3.63, 3.8) is 0 Å². The fourth-order valence-corrected chi connectivity index (χ4v) is 2.81. The van der Waals surface area contributed by atoms with Crippen LogP contribution >= 0.6 is 11.3 Å². The Morgan fingerprint density at radius 2 is 2.21 bits per heavy atom. The van der Waals surface area contributed by atoms with Crippen molar-refractivity contribution < 1.29 is 14.4 Å². The van der Waals surface area contributed by atoms with E-state index >= 15 is 0 Å². The summed E-state index contributed by atoms with van der Waals surface area (Å²) < 4.78 is 5.14. The summed E-state index contributed by atoms with van der Waals surface area (Å²) in [6, 6.07) is 7.41. The Kier molecular flexibility index (Phi) is 5.27. The van der Waals surface area contributed by atoms with Gasteiger partial charge in [-0.2, -0.15) is 0 Å². The molecule has 0 aliphatic carbocycles. The number of ether oxygens (including phenoxy) is 1. The first-order valence-electron chi connectivity index (χ1n) is 7.50. The lowest BCUT2D eigenvalue weighted by Crippen LogP contribution is -2.39. The molecule has 1 aliphatic rings. The van der Waals surface area contributed by atoms with Gasteiger partial charge in [-0.25, -0.2) is 9.78 Å². The zero-order valence-electron chi connectivity index (χ0n) is 13.2. The van der Waals surface area contributed by atoms with Gasteiger partial charge in [0.05, 0.1) is 37.1 Å². The van der Waals surface area contributed by atoms with Gasteiger partial charge in [0.25, 0.3) is 0 Å². The van der Waals surface area contributed by atoms with Crippen LogP contribution in [0.15, 0.2) is 40.3 Å². The second kappa shape index (κ2) is 7.78. The average Bonchev–Trinajstić information content (AvgIpc) is 3.30. The number of carbonyl (C=O) groups excluding carboxylic acids is 1. The number of benzene rings is 1. The van der Waals surface area contributed by atoms with Crippen LogP contribution in [0.4, 0.5) is 4.79 Å². The molecule has 2 aromatic rings. The molecule has 8 heteroatoms. The summed E-state index contributed by atoms with van der Waals surface area (Å²) in [6.45, 7) is 0.806. The van der Waals surface area contributed by atoms with Crippen molar-refractivity contribution in [1.29, 1.82) is 0 Å². The number of rotatable bonds is 6. The molecule has 24 heavy (non-hydrogen) atoms. The number of amides is 2. The van der Waals surface area contributed by atoms with Crippen LogP contribution in [-0.2, 0) is 11.4 Å². The lowest BCUT2D eigenvalue weighted by Gasteiger charge is -2.10. The van der Waals surface area contributed by atoms with Gasteiger partial charge in [-0.05, 0) is 29.8 Å². The van der Waals surface area contributed by atoms with E-state index in [4.69, 9.17) is 9.57 Å². The molecule has 0 fully saturated rings. The summed E-state index contributed by atoms with van der Waals surface area (Å²) in [5.74, 6) is 0.799. The summed E-state index contributed by atoms with van der Waals surface area (Å²) in [4.78, 5) is 21.3. The third-order valence-electron chi connectivity index (χ3n) is 3.56. The summed E-state index contributed by atoms with van der Waals surface area (Å²) in [7, 11) is 1.63. The highest BCUT2D eigenvalue weighted by Gasteiger charge is 2.22. The van der Waals surface area contributed by atoms with E-state index < -0.39 is 0 Å². The van der Waals surface area contributed by atoms with Gasteiger partial charge >= 0.3 is 6.03 Å². The predicted octanol–water partition coefficient (Wildman–Crippen LogP) is 2.14. The van der Waals surface area contributed by atoms with Crippen LogP contribution in [0.2, 0.25) is 0 Å². The van der Waals surface area contributed by atoms with Crippen molar-refractivity contribution in [3.8, 4) is 5.75 Å². The van der Waals surface area contributed by atoms with E-state index in [2.05, 4.69) is 20.8 Å². The van der Waals surface area contributed by atoms with E-state index in [-0.39, 0.29) is 12.1 Å². The van der Waals surface area contributed by atoms with Gasteiger partial charge in [0.15, 0.2) is 6.10 Å². The first-order chi connectivity index (χ1) is 11.7. The number of hydrogen-bond donors (Lipinski definition) is 2. The quantitative estimate of drug-likeness (QED) is 0.839. The molecule has 0 unspecified atom stereocenters. The topological polar surface area (TPSA) is 84.8 Å². The van der Waals surface area contributed by atoms with Crippen LogP contribution < -0.4 is 15.4 Å². The number of aromatic nitrogens is 1. The zero-order chi connectivity index (χ0) is 16.8. The van der Waals surface area contributed by atoms with E-state index in [0.29, 0.717) is 19.5 Å². The van der Waals surface area contributed by atoms with E-state index in [9.17, 15) is 4.79 Å². The minimum absolute atomic E-state index is 0.160. The highest BCUT2D eigenvalue weighted by atomic mass is 32.1. The summed E-state index contributed by atoms with van der Waals surface area (Å²) in [5.41, 5.74) is 4.44. The molecule has 1 atom stereocenters. The van der Waals surface area contributed by atoms with Crippen molar-refractivity contribution in [3.05, 3.63) is 46.4 Å². The molecule has 0 radical (unpaired) electrons. The molecule has 1 aliphatic heterocycles. The maximum absolute atomic E-state index is 11.8. The van der Waals surface area contributed by atoms with E-state index in [0.717, 1.165) is 22.7 Å². The van der Waals surface area contributed by atoms with Gasteiger partial charge in [0.1, 0.15) is 5.75 Å². The van der Waals surface area contributed by atoms with Crippen LogP contribution in [0.1, 0.15) is 17.7 Å². The first-order valence-corrected chi connectivity index (χ1v) is 8.45. The van der Waals surface area contributed by atoms with Crippen LogP contribution in [0.5, 0.6) is 5.75 Å². The van der Waals surface area contributed by atoms with Gasteiger partial charge in [-0.15, -0.1) is 11.3 Å². The van der Waals surface area contributed by atoms with Crippen LogP contribution in [0.25, 0.3) is 0 Å². The molecule has 2 amide bonds. The highest BCUT2D eigenvalue weighted by Crippen LogP contribution is 2.18. The Morgan fingerprint density at radius 1 is 1.38 bits per heavy atom. The molecule has 2 N–H and O–H groups in total. The first kappa shape index (κ1) is 16.3. The predicted molar refractivity (Wildman–Crippen MR) is 91.4 cm³/mol.